The van der Waals surface area contributed by atoms with Crippen LogP contribution >= 0.6 is 0 Å². The summed E-state index contributed by atoms with van der Waals surface area (Å²) in [5.74, 6) is -0.345. The Labute approximate surface area is 230 Å². The molecule has 2 bridgehead atoms. The van der Waals surface area contributed by atoms with Crippen LogP contribution in [0, 0.1) is 5.92 Å². The van der Waals surface area contributed by atoms with E-state index in [1.807, 2.05) is 68.4 Å². The second kappa shape index (κ2) is 16.2. The van der Waals surface area contributed by atoms with Crippen LogP contribution < -0.4 is 26.4 Å². The van der Waals surface area contributed by atoms with Crippen LogP contribution in [0.1, 0.15) is 25.0 Å². The first-order valence-corrected chi connectivity index (χ1v) is 13.5. The molecule has 0 spiro atoms. The zero-order valence-electron chi connectivity index (χ0n) is 22.8. The van der Waals surface area contributed by atoms with E-state index in [4.69, 9.17) is 19.9 Å². The van der Waals surface area contributed by atoms with Gasteiger partial charge in [0.05, 0.1) is 32.5 Å². The summed E-state index contributed by atoms with van der Waals surface area (Å²) in [6, 6.07) is 14.4. The molecule has 1 aliphatic heterocycles. The molecule has 0 saturated carbocycles. The zero-order valence-corrected chi connectivity index (χ0v) is 22.8. The number of benzene rings is 2. The molecule has 10 nitrogen and oxygen atoms in total. The van der Waals surface area contributed by atoms with E-state index in [1.54, 1.807) is 0 Å². The Morgan fingerprint density at radius 1 is 0.923 bits per heavy atom. The van der Waals surface area contributed by atoms with E-state index < -0.39 is 30.1 Å². The van der Waals surface area contributed by atoms with Gasteiger partial charge in [0.1, 0.15) is 24.4 Å². The first-order chi connectivity index (χ1) is 18.8. The van der Waals surface area contributed by atoms with Gasteiger partial charge in [-0.15, -0.1) is 0 Å². The molecule has 0 saturated heterocycles. The first-order valence-electron chi connectivity index (χ1n) is 13.5. The number of hydrogen-bond acceptors (Lipinski definition) is 8. The molecular weight excluding hydrogens is 500 g/mol. The third kappa shape index (κ3) is 10.2. The molecule has 4 atom stereocenters. The predicted octanol–water partition coefficient (Wildman–Crippen LogP) is 0.758. The van der Waals surface area contributed by atoms with Crippen LogP contribution in [0.25, 0.3) is 0 Å². The summed E-state index contributed by atoms with van der Waals surface area (Å²) in [4.78, 5) is 26.5. The monoisotopic (exact) mass is 542 g/mol. The molecule has 1 heterocycles. The molecule has 0 unspecified atom stereocenters. The number of fused-ring (bicyclic) bond motifs is 2. The summed E-state index contributed by atoms with van der Waals surface area (Å²) in [5, 5.41) is 20.1. The molecule has 0 fully saturated rings. The van der Waals surface area contributed by atoms with Gasteiger partial charge >= 0.3 is 0 Å². The van der Waals surface area contributed by atoms with Gasteiger partial charge in [-0.25, -0.2) is 0 Å². The van der Waals surface area contributed by atoms with Crippen molar-refractivity contribution in [2.75, 3.05) is 39.6 Å². The quantitative estimate of drug-likeness (QED) is 0.373. The fourth-order valence-electron chi connectivity index (χ4n) is 4.27. The third-order valence-corrected chi connectivity index (χ3v) is 6.46. The predicted molar refractivity (Wildman–Crippen MR) is 148 cm³/mol. The lowest BCUT2D eigenvalue weighted by atomic mass is 9.95. The molecule has 6 N–H and O–H groups in total. The Bertz CT molecular complexity index is 1020. The van der Waals surface area contributed by atoms with Crippen LogP contribution in [0.2, 0.25) is 0 Å². The van der Waals surface area contributed by atoms with Gasteiger partial charge in [0, 0.05) is 19.1 Å². The van der Waals surface area contributed by atoms with Crippen molar-refractivity contribution < 1.29 is 28.9 Å². The van der Waals surface area contributed by atoms with Crippen LogP contribution in [0.3, 0.4) is 0 Å². The molecule has 2 amide bonds. The van der Waals surface area contributed by atoms with Crippen LogP contribution in [0.15, 0.2) is 54.6 Å². The van der Waals surface area contributed by atoms with Gasteiger partial charge in [0.15, 0.2) is 0 Å². The SMILES string of the molecule is CC(C)[C@@H]1NC(=O)[C@@H]([C@H](O)[C@@H](N)Cc2ccccc2)NCc2cccc(c2)OCCOCCOCCNC1=O. The number of ether oxygens (including phenoxy) is 3. The standard InChI is InChI=1S/C29H42N4O6/c1-20(2)25-28(35)31-11-12-37-13-14-38-15-16-39-23-10-6-9-22(17-23)19-32-26(29(36)33-25)27(34)24(30)18-21-7-4-3-5-8-21/h3-10,17,20,24-27,32,34H,11-16,18-19,30H2,1-2H3,(H,31,35)(H,33,36)/t24-,25-,26+,27+/m0/s1. The smallest absolute Gasteiger partial charge is 0.242 e. The number of carbonyl (C=O) groups is 2. The molecule has 2 aromatic rings. The molecule has 10 heteroatoms. The number of carbonyl (C=O) groups excluding carboxylic acids is 2. The van der Waals surface area contributed by atoms with Gasteiger partial charge in [-0.3, -0.25) is 14.9 Å². The number of aliphatic hydroxyl groups excluding tert-OH is 1. The molecule has 39 heavy (non-hydrogen) atoms. The van der Waals surface area contributed by atoms with Crippen molar-refractivity contribution in [2.24, 2.45) is 11.7 Å². The first kappa shape index (κ1) is 30.5. The van der Waals surface area contributed by atoms with E-state index in [2.05, 4.69) is 16.0 Å². The van der Waals surface area contributed by atoms with Gasteiger partial charge in [-0.05, 0) is 35.6 Å². The minimum Gasteiger partial charge on any atom is -0.491 e. The molecule has 214 valence electrons. The van der Waals surface area contributed by atoms with Crippen molar-refractivity contribution >= 4 is 11.8 Å². The fourth-order valence-corrected chi connectivity index (χ4v) is 4.27. The van der Waals surface area contributed by atoms with Crippen molar-refractivity contribution in [3.63, 3.8) is 0 Å². The molecule has 0 aliphatic carbocycles. The summed E-state index contributed by atoms with van der Waals surface area (Å²) in [7, 11) is 0. The molecular formula is C29H42N4O6. The minimum absolute atomic E-state index is 0.189. The van der Waals surface area contributed by atoms with E-state index >= 15 is 0 Å². The van der Waals surface area contributed by atoms with Crippen molar-refractivity contribution in [2.45, 2.75) is 51.0 Å². The summed E-state index contributed by atoms with van der Waals surface area (Å²) < 4.78 is 16.8. The van der Waals surface area contributed by atoms with Crippen LogP contribution in [0.5, 0.6) is 5.75 Å². The molecule has 1 aliphatic rings. The average molecular weight is 543 g/mol. The Morgan fingerprint density at radius 2 is 1.64 bits per heavy atom. The van der Waals surface area contributed by atoms with E-state index in [0.717, 1.165) is 11.1 Å². The van der Waals surface area contributed by atoms with E-state index in [0.29, 0.717) is 51.7 Å². The van der Waals surface area contributed by atoms with Gasteiger partial charge < -0.3 is 35.7 Å². The lowest BCUT2D eigenvalue weighted by Gasteiger charge is -2.30. The second-order valence-corrected chi connectivity index (χ2v) is 9.94. The van der Waals surface area contributed by atoms with E-state index in [-0.39, 0.29) is 18.4 Å². The van der Waals surface area contributed by atoms with Gasteiger partial charge in [-0.2, -0.15) is 0 Å². The van der Waals surface area contributed by atoms with Gasteiger partial charge in [-0.1, -0.05) is 56.3 Å². The van der Waals surface area contributed by atoms with Crippen molar-refractivity contribution in [1.29, 1.82) is 0 Å². The lowest BCUT2D eigenvalue weighted by molar-refractivity contribution is -0.133. The lowest BCUT2D eigenvalue weighted by Crippen LogP contribution is -2.61. The second-order valence-electron chi connectivity index (χ2n) is 9.94. The maximum absolute atomic E-state index is 13.5. The summed E-state index contributed by atoms with van der Waals surface area (Å²) >= 11 is 0. The van der Waals surface area contributed by atoms with Crippen LogP contribution in [-0.4, -0.2) is 80.7 Å². The zero-order chi connectivity index (χ0) is 28.0. The number of aliphatic hydroxyl groups is 1. The Morgan fingerprint density at radius 3 is 2.38 bits per heavy atom. The van der Waals surface area contributed by atoms with Crippen molar-refractivity contribution in [1.82, 2.24) is 16.0 Å². The maximum Gasteiger partial charge on any atom is 0.242 e. The highest BCUT2D eigenvalue weighted by Gasteiger charge is 2.34. The largest absolute Gasteiger partial charge is 0.491 e. The number of rotatable bonds is 5. The summed E-state index contributed by atoms with van der Waals surface area (Å²) in [6.07, 6.45) is -0.837. The van der Waals surface area contributed by atoms with E-state index in [9.17, 15) is 14.7 Å². The molecule has 0 radical (unpaired) electrons. The van der Waals surface area contributed by atoms with Crippen molar-refractivity contribution in [3.05, 3.63) is 65.7 Å². The number of amides is 2. The van der Waals surface area contributed by atoms with E-state index in [1.165, 1.54) is 0 Å². The number of nitrogens with one attached hydrogen (secondary N) is 3. The fraction of sp³-hybridized carbons (Fsp3) is 0.517. The Balaban J connectivity index is 1.80. The van der Waals surface area contributed by atoms with Crippen molar-refractivity contribution in [3.8, 4) is 5.75 Å². The van der Waals surface area contributed by atoms with Gasteiger partial charge in [0.2, 0.25) is 11.8 Å². The summed E-state index contributed by atoms with van der Waals surface area (Å²) in [6.45, 7) is 6.18. The molecule has 3 rings (SSSR count). The van der Waals surface area contributed by atoms with Gasteiger partial charge in [0.25, 0.3) is 0 Å². The maximum atomic E-state index is 13.5. The highest BCUT2D eigenvalue weighted by Crippen LogP contribution is 2.15. The highest BCUT2D eigenvalue weighted by atomic mass is 16.5. The Kier molecular flexibility index (Phi) is 12.7. The molecule has 2 aromatic carbocycles. The topological polar surface area (TPSA) is 144 Å². The highest BCUT2D eigenvalue weighted by molar-refractivity contribution is 5.90. The number of hydrogen-bond donors (Lipinski definition) is 5. The molecule has 0 aromatic heterocycles. The van der Waals surface area contributed by atoms with Crippen LogP contribution in [-0.2, 0) is 32.0 Å². The minimum atomic E-state index is -1.22. The Hall–Kier alpha value is -3.02. The normalized spacial score (nSPS) is 22.2. The third-order valence-electron chi connectivity index (χ3n) is 6.46. The number of nitrogens with two attached hydrogens (primary N) is 1. The average Bonchev–Trinajstić information content (AvgIpc) is 2.92. The van der Waals surface area contributed by atoms with Crippen LogP contribution in [0.4, 0.5) is 0 Å². The summed E-state index contributed by atoms with van der Waals surface area (Å²) in [5.41, 5.74) is 8.20.